The zero-order chi connectivity index (χ0) is 20.4. The maximum atomic E-state index is 12.7. The van der Waals surface area contributed by atoms with Crippen molar-refractivity contribution >= 4 is 23.1 Å². The lowest BCUT2D eigenvalue weighted by molar-refractivity contribution is 0.0479. The summed E-state index contributed by atoms with van der Waals surface area (Å²) in [5.74, 6) is -0.534. The van der Waals surface area contributed by atoms with Crippen LogP contribution in [0, 0.1) is 13.8 Å². The molecular formula is C23H29NO4S. The Hall–Kier alpha value is -1.92. The number of carbonyl (C=O) groups is 2. The van der Waals surface area contributed by atoms with E-state index in [-0.39, 0.29) is 24.5 Å². The van der Waals surface area contributed by atoms with Crippen LogP contribution in [0.5, 0.6) is 0 Å². The van der Waals surface area contributed by atoms with Crippen molar-refractivity contribution in [2.24, 2.45) is 0 Å². The van der Waals surface area contributed by atoms with Crippen LogP contribution in [0.1, 0.15) is 74.0 Å². The first-order chi connectivity index (χ1) is 14.0. The Bertz CT molecular complexity index is 881. The van der Waals surface area contributed by atoms with Gasteiger partial charge < -0.3 is 14.0 Å². The number of fused-ring (bicyclic) bond motifs is 1. The van der Waals surface area contributed by atoms with Crippen molar-refractivity contribution in [2.75, 3.05) is 13.2 Å². The molecule has 4 rings (SSSR count). The largest absolute Gasteiger partial charge is 0.453 e. The molecule has 0 unspecified atom stereocenters. The predicted molar refractivity (Wildman–Crippen MR) is 113 cm³/mol. The molecule has 156 valence electrons. The standard InChI is InChI=1S/C23H29NO4S/c1-15-11-19(16(2)24(15)13-18-8-6-10-27-18)20(25)14-28-23(26)22-12-17-7-4-3-5-9-21(17)29-22/h11-12,18H,3-10,13-14H2,1-2H3/t18-/m0/s1. The lowest BCUT2D eigenvalue weighted by Gasteiger charge is -2.14. The normalized spacial score (nSPS) is 19.0. The van der Waals surface area contributed by atoms with Crippen LogP contribution in [0.4, 0.5) is 0 Å². The first kappa shape index (κ1) is 20.4. The number of hydrogen-bond donors (Lipinski definition) is 0. The van der Waals surface area contributed by atoms with E-state index in [2.05, 4.69) is 4.57 Å². The Labute approximate surface area is 176 Å². The quantitative estimate of drug-likeness (QED) is 0.391. The van der Waals surface area contributed by atoms with Crippen molar-refractivity contribution in [3.63, 3.8) is 0 Å². The summed E-state index contributed by atoms with van der Waals surface area (Å²) in [6.07, 6.45) is 8.06. The van der Waals surface area contributed by atoms with Crippen LogP contribution in [-0.4, -0.2) is 35.6 Å². The lowest BCUT2D eigenvalue weighted by atomic mass is 10.1. The fourth-order valence-electron chi connectivity index (χ4n) is 4.40. The smallest absolute Gasteiger partial charge is 0.348 e. The number of ketones is 1. The monoisotopic (exact) mass is 415 g/mol. The van der Waals surface area contributed by atoms with Gasteiger partial charge >= 0.3 is 5.97 Å². The van der Waals surface area contributed by atoms with Crippen LogP contribution in [0.2, 0.25) is 0 Å². The van der Waals surface area contributed by atoms with E-state index >= 15 is 0 Å². The van der Waals surface area contributed by atoms with Gasteiger partial charge in [0.15, 0.2) is 6.61 Å². The van der Waals surface area contributed by atoms with Gasteiger partial charge in [0.25, 0.3) is 0 Å². The number of esters is 1. The first-order valence-corrected chi connectivity index (χ1v) is 11.4. The summed E-state index contributed by atoms with van der Waals surface area (Å²) in [5.41, 5.74) is 3.87. The molecule has 1 saturated heterocycles. The second kappa shape index (κ2) is 8.84. The molecule has 0 amide bonds. The van der Waals surface area contributed by atoms with Gasteiger partial charge in [-0.2, -0.15) is 0 Å². The molecule has 0 bridgehead atoms. The van der Waals surface area contributed by atoms with Gasteiger partial charge in [-0.05, 0) is 70.1 Å². The zero-order valence-electron chi connectivity index (χ0n) is 17.3. The van der Waals surface area contributed by atoms with Crippen molar-refractivity contribution in [1.82, 2.24) is 4.57 Å². The molecule has 5 nitrogen and oxygen atoms in total. The molecule has 1 atom stereocenters. The van der Waals surface area contributed by atoms with E-state index in [9.17, 15) is 9.59 Å². The maximum Gasteiger partial charge on any atom is 0.348 e. The third kappa shape index (κ3) is 4.48. The number of aromatic nitrogens is 1. The first-order valence-electron chi connectivity index (χ1n) is 10.6. The molecule has 1 aliphatic carbocycles. The van der Waals surface area contributed by atoms with Gasteiger partial charge in [-0.15, -0.1) is 11.3 Å². The topological polar surface area (TPSA) is 57.5 Å². The van der Waals surface area contributed by atoms with Gasteiger partial charge in [0, 0.05) is 35.0 Å². The Balaban J connectivity index is 1.39. The van der Waals surface area contributed by atoms with E-state index in [1.54, 1.807) is 0 Å². The van der Waals surface area contributed by atoms with Gasteiger partial charge in [0.2, 0.25) is 5.78 Å². The summed E-state index contributed by atoms with van der Waals surface area (Å²) < 4.78 is 13.3. The number of ether oxygens (including phenoxy) is 2. The van der Waals surface area contributed by atoms with Crippen LogP contribution in [0.3, 0.4) is 0 Å². The molecule has 0 N–H and O–H groups in total. The maximum absolute atomic E-state index is 12.7. The fourth-order valence-corrected chi connectivity index (χ4v) is 5.55. The summed E-state index contributed by atoms with van der Waals surface area (Å²) in [6, 6.07) is 3.86. The van der Waals surface area contributed by atoms with Crippen molar-refractivity contribution in [1.29, 1.82) is 0 Å². The van der Waals surface area contributed by atoms with Gasteiger partial charge in [0.1, 0.15) is 4.88 Å². The molecule has 2 aliphatic rings. The number of carbonyl (C=O) groups excluding carboxylic acids is 2. The molecule has 0 radical (unpaired) electrons. The molecular weight excluding hydrogens is 386 g/mol. The van der Waals surface area contributed by atoms with Gasteiger partial charge in [-0.25, -0.2) is 4.79 Å². The summed E-state index contributed by atoms with van der Waals surface area (Å²) in [5, 5.41) is 0. The second-order valence-corrected chi connectivity index (χ2v) is 9.29. The van der Waals surface area contributed by atoms with Crippen LogP contribution >= 0.6 is 11.3 Å². The lowest BCUT2D eigenvalue weighted by Crippen LogP contribution is -2.18. The van der Waals surface area contributed by atoms with Crippen molar-refractivity contribution in [2.45, 2.75) is 71.4 Å². The van der Waals surface area contributed by atoms with Gasteiger partial charge in [0.05, 0.1) is 6.10 Å². The van der Waals surface area contributed by atoms with Crippen molar-refractivity contribution < 1.29 is 19.1 Å². The van der Waals surface area contributed by atoms with E-state index < -0.39 is 0 Å². The highest BCUT2D eigenvalue weighted by Crippen LogP contribution is 2.29. The van der Waals surface area contributed by atoms with Crippen LogP contribution in [0.15, 0.2) is 12.1 Å². The Morgan fingerprint density at radius 1 is 1.17 bits per heavy atom. The highest BCUT2D eigenvalue weighted by Gasteiger charge is 2.23. The molecule has 29 heavy (non-hydrogen) atoms. The minimum atomic E-state index is -0.385. The number of rotatable bonds is 6. The van der Waals surface area contributed by atoms with E-state index in [1.165, 1.54) is 41.0 Å². The SMILES string of the molecule is Cc1cc(C(=O)COC(=O)c2cc3c(s2)CCCCC3)c(C)n1C[C@@H]1CCCO1. The van der Waals surface area contributed by atoms with E-state index in [4.69, 9.17) is 9.47 Å². The van der Waals surface area contributed by atoms with Gasteiger partial charge in [-0.1, -0.05) is 6.42 Å². The van der Waals surface area contributed by atoms with Crippen LogP contribution in [-0.2, 0) is 28.9 Å². The van der Waals surface area contributed by atoms with Crippen molar-refractivity contribution in [3.05, 3.63) is 44.4 Å². The summed E-state index contributed by atoms with van der Waals surface area (Å²) in [7, 11) is 0. The minimum Gasteiger partial charge on any atom is -0.453 e. The fraction of sp³-hybridized carbons (Fsp3) is 0.565. The highest BCUT2D eigenvalue weighted by molar-refractivity contribution is 7.14. The Morgan fingerprint density at radius 3 is 2.79 bits per heavy atom. The number of thiophene rings is 1. The third-order valence-electron chi connectivity index (χ3n) is 6.07. The van der Waals surface area contributed by atoms with E-state index in [1.807, 2.05) is 26.0 Å². The third-order valence-corrected chi connectivity index (χ3v) is 7.28. The van der Waals surface area contributed by atoms with Gasteiger partial charge in [-0.3, -0.25) is 4.79 Å². The summed E-state index contributed by atoms with van der Waals surface area (Å²) in [4.78, 5) is 27.1. The van der Waals surface area contributed by atoms with Crippen LogP contribution in [0.25, 0.3) is 0 Å². The zero-order valence-corrected chi connectivity index (χ0v) is 18.1. The highest BCUT2D eigenvalue weighted by atomic mass is 32.1. The molecule has 3 heterocycles. The minimum absolute atomic E-state index is 0.150. The second-order valence-electron chi connectivity index (χ2n) is 8.15. The molecule has 2 aromatic rings. The number of Topliss-reactive ketones (excluding diaryl/α,β-unsaturated/α-hetero) is 1. The Morgan fingerprint density at radius 2 is 2.00 bits per heavy atom. The molecule has 0 spiro atoms. The van der Waals surface area contributed by atoms with Crippen molar-refractivity contribution in [3.8, 4) is 0 Å². The van der Waals surface area contributed by atoms with Crippen LogP contribution < -0.4 is 0 Å². The number of nitrogens with zero attached hydrogens (tertiary/aromatic N) is 1. The molecule has 1 fully saturated rings. The number of aryl methyl sites for hydroxylation is 3. The molecule has 0 saturated carbocycles. The summed E-state index contributed by atoms with van der Waals surface area (Å²) >= 11 is 1.53. The van der Waals surface area contributed by atoms with E-state index in [0.29, 0.717) is 10.4 Å². The molecule has 6 heteroatoms. The predicted octanol–water partition coefficient (Wildman–Crippen LogP) is 4.65. The number of hydrogen-bond acceptors (Lipinski definition) is 5. The summed E-state index contributed by atoms with van der Waals surface area (Å²) in [6.45, 7) is 5.33. The Kier molecular flexibility index (Phi) is 6.20. The molecule has 2 aromatic heterocycles. The average molecular weight is 416 g/mol. The van der Waals surface area contributed by atoms with E-state index in [0.717, 1.165) is 50.2 Å². The molecule has 0 aromatic carbocycles. The molecule has 1 aliphatic heterocycles. The average Bonchev–Trinajstić information content (AvgIpc) is 3.39.